The lowest BCUT2D eigenvalue weighted by Gasteiger charge is -2.32. The van der Waals surface area contributed by atoms with E-state index >= 15 is 0 Å². The van der Waals surface area contributed by atoms with E-state index in [1.807, 2.05) is 0 Å². The molecule has 0 rings (SSSR count). The molecule has 9 heteroatoms. The van der Waals surface area contributed by atoms with E-state index in [2.05, 4.69) is 13.8 Å². The third kappa shape index (κ3) is 16.0. The maximum absolute atomic E-state index is 13.0. The summed E-state index contributed by atoms with van der Waals surface area (Å²) in [6, 6.07) is 0. The van der Waals surface area contributed by atoms with Crippen molar-refractivity contribution in [2.75, 3.05) is 6.61 Å². The number of carboxylic acid groups (broad SMARTS) is 1. The molecule has 1 atom stereocenters. The zero-order chi connectivity index (χ0) is 30.1. The van der Waals surface area contributed by atoms with Gasteiger partial charge in [-0.1, -0.05) is 142 Å². The minimum Gasteiger partial charge on any atom is -0.479 e. The third-order valence-electron chi connectivity index (χ3n) is 7.81. The van der Waals surface area contributed by atoms with Crippen molar-refractivity contribution in [3.63, 3.8) is 0 Å². The Balaban J connectivity index is 4.61. The molecular weight excluding hydrogens is 529 g/mol. The number of nitrogens with zero attached hydrogens (tertiary/aromatic N) is 1. The number of hydrogen-bond donors (Lipinski definition) is 2. The molecule has 0 bridgehead atoms. The molecular formula is C31H58NO7P. The Labute approximate surface area is 243 Å². The number of amides is 1. The van der Waals surface area contributed by atoms with E-state index in [9.17, 15) is 33.7 Å². The molecule has 40 heavy (non-hydrogen) atoms. The second-order valence-electron chi connectivity index (χ2n) is 11.3. The van der Waals surface area contributed by atoms with E-state index < -0.39 is 37.6 Å². The normalized spacial score (nSPS) is 12.7. The number of Topliss-reactive ketones (excluding diaryl/α,β-unsaturated/α-hetero) is 1. The number of aliphatic hydroxyl groups is 1. The monoisotopic (exact) mass is 587 g/mol. The molecule has 0 spiro atoms. The lowest BCUT2D eigenvalue weighted by Crippen LogP contribution is -2.61. The van der Waals surface area contributed by atoms with E-state index in [1.165, 1.54) is 77.0 Å². The molecule has 0 heterocycles. The van der Waals surface area contributed by atoms with Crippen LogP contribution in [0.3, 0.4) is 0 Å². The highest BCUT2D eigenvalue weighted by atomic mass is 31.1. The largest absolute Gasteiger partial charge is 0.479 e. The van der Waals surface area contributed by atoms with Crippen LogP contribution in [0, 0.1) is 0 Å². The second kappa shape index (κ2) is 25.2. The van der Waals surface area contributed by atoms with Crippen molar-refractivity contribution in [3.05, 3.63) is 0 Å². The average molecular weight is 588 g/mol. The van der Waals surface area contributed by atoms with Gasteiger partial charge in [-0.2, -0.15) is 0 Å². The van der Waals surface area contributed by atoms with E-state index in [4.69, 9.17) is 0 Å². The van der Waals surface area contributed by atoms with Crippen LogP contribution in [0.15, 0.2) is 0 Å². The van der Waals surface area contributed by atoms with Crippen LogP contribution in [0.1, 0.15) is 168 Å². The average Bonchev–Trinajstić information content (AvgIpc) is 2.92. The van der Waals surface area contributed by atoms with Crippen molar-refractivity contribution in [2.24, 2.45) is 0 Å². The first-order valence-corrected chi connectivity index (χ1v) is 17.3. The lowest BCUT2D eigenvalue weighted by atomic mass is 9.90. The first kappa shape index (κ1) is 38.5. The van der Waals surface area contributed by atoms with Gasteiger partial charge in [-0.05, 0) is 12.8 Å². The van der Waals surface area contributed by atoms with Crippen LogP contribution >= 0.6 is 7.83 Å². The van der Waals surface area contributed by atoms with E-state index in [0.717, 1.165) is 44.9 Å². The molecule has 1 unspecified atom stereocenters. The van der Waals surface area contributed by atoms with Gasteiger partial charge in [0.2, 0.25) is 11.4 Å². The Morgan fingerprint density at radius 1 is 0.575 bits per heavy atom. The van der Waals surface area contributed by atoms with Gasteiger partial charge in [0, 0.05) is 12.8 Å². The third-order valence-corrected chi connectivity index (χ3v) is 8.70. The van der Waals surface area contributed by atoms with Gasteiger partial charge < -0.3 is 10.2 Å². The fourth-order valence-corrected chi connectivity index (χ4v) is 6.02. The molecule has 0 aromatic heterocycles. The summed E-state index contributed by atoms with van der Waals surface area (Å²) < 4.78 is 24.2. The number of aliphatic hydroxyl groups excluding tert-OH is 1. The molecule has 0 aromatic rings. The second-order valence-corrected chi connectivity index (χ2v) is 12.1. The highest BCUT2D eigenvalue weighted by Gasteiger charge is 2.54. The summed E-state index contributed by atoms with van der Waals surface area (Å²) in [7, 11) is -3.71. The molecule has 0 aliphatic carbocycles. The maximum atomic E-state index is 13.0. The van der Waals surface area contributed by atoms with Crippen LogP contribution in [-0.4, -0.2) is 44.7 Å². The molecule has 0 saturated heterocycles. The van der Waals surface area contributed by atoms with Gasteiger partial charge in [0.25, 0.3) is 0 Å². The quantitative estimate of drug-likeness (QED) is 0.0508. The van der Waals surface area contributed by atoms with Gasteiger partial charge >= 0.3 is 13.8 Å². The van der Waals surface area contributed by atoms with Crippen LogP contribution in [0.2, 0.25) is 0 Å². The number of unbranched alkanes of at least 4 members (excludes halogenated alkanes) is 20. The smallest absolute Gasteiger partial charge is 0.430 e. The molecule has 0 fully saturated rings. The molecule has 0 aliphatic rings. The van der Waals surface area contributed by atoms with Gasteiger partial charge in [0.05, 0.1) is 6.61 Å². The fraction of sp³-hybridized carbons (Fsp3) is 0.903. The molecule has 2 N–H and O–H groups in total. The Kier molecular flexibility index (Phi) is 24.2. The Bertz CT molecular complexity index is 748. The molecule has 234 valence electrons. The minimum atomic E-state index is -3.71. The summed E-state index contributed by atoms with van der Waals surface area (Å²) in [5.74, 6) is -3.70. The zero-order valence-electron chi connectivity index (χ0n) is 25.5. The summed E-state index contributed by atoms with van der Waals surface area (Å²) in [6.45, 7) is 3.12. The predicted molar refractivity (Wildman–Crippen MR) is 160 cm³/mol. The number of hydrogen-bond acceptors (Lipinski definition) is 6. The Morgan fingerprint density at radius 3 is 1.20 bits per heavy atom. The van der Waals surface area contributed by atoms with Gasteiger partial charge in [0.15, 0.2) is 5.78 Å². The molecule has 8 nitrogen and oxygen atoms in total. The molecule has 1 amide bonds. The van der Waals surface area contributed by atoms with E-state index in [1.54, 1.807) is 0 Å². The summed E-state index contributed by atoms with van der Waals surface area (Å²) in [4.78, 5) is 38.0. The van der Waals surface area contributed by atoms with Crippen molar-refractivity contribution < 1.29 is 33.7 Å². The van der Waals surface area contributed by atoms with Crippen molar-refractivity contribution in [3.8, 4) is 0 Å². The van der Waals surface area contributed by atoms with E-state index in [-0.39, 0.29) is 17.5 Å². The number of carboxylic acids is 1. The first-order chi connectivity index (χ1) is 19.3. The van der Waals surface area contributed by atoms with Gasteiger partial charge in [-0.3, -0.25) is 9.59 Å². The number of aliphatic carboxylic acids is 1. The molecule has 0 saturated carbocycles. The highest BCUT2D eigenvalue weighted by Crippen LogP contribution is 2.32. The van der Waals surface area contributed by atoms with Crippen molar-refractivity contribution in [2.45, 2.75) is 173 Å². The molecule has 0 aliphatic heterocycles. The Hall–Kier alpha value is -1.53. The highest BCUT2D eigenvalue weighted by molar-refractivity contribution is 7.29. The first-order valence-electron chi connectivity index (χ1n) is 16.1. The summed E-state index contributed by atoms with van der Waals surface area (Å²) in [5.41, 5.74) is -2.79. The molecule has 0 radical (unpaired) electrons. The number of carbonyl (C=O) groups is 3. The predicted octanol–water partition coefficient (Wildman–Crippen LogP) is 8.69. The van der Waals surface area contributed by atoms with Crippen LogP contribution < -0.4 is 0 Å². The number of rotatable bonds is 29. The SMILES string of the molecule is CCCCCCCCCCCCCC(=O)N(P(=O)=O)C(CO)(C(=O)O)C(=O)CCCCCCCCCCCCC. The standard InChI is InChI=1S/C31H58NO7P/c1-3-5-7-9-11-13-15-17-19-21-23-25-28(34)31(27-33,30(36)37)32(40(38)39)29(35)26-24-22-20-18-16-14-12-10-8-6-4-2/h33H,3-27H2,1-2H3,(H,36,37). The van der Waals surface area contributed by atoms with Crippen molar-refractivity contribution in [1.82, 2.24) is 4.67 Å². The van der Waals surface area contributed by atoms with Crippen LogP contribution in [0.4, 0.5) is 0 Å². The van der Waals surface area contributed by atoms with Gasteiger partial charge in [-0.25, -0.2) is 18.6 Å². The minimum absolute atomic E-state index is 0.113. The zero-order valence-corrected chi connectivity index (χ0v) is 26.4. The summed E-state index contributed by atoms with van der Waals surface area (Å²) >= 11 is 0. The van der Waals surface area contributed by atoms with Crippen molar-refractivity contribution in [1.29, 1.82) is 0 Å². The van der Waals surface area contributed by atoms with Crippen LogP contribution in [-0.2, 0) is 23.5 Å². The van der Waals surface area contributed by atoms with Crippen LogP contribution in [0.25, 0.3) is 0 Å². The maximum Gasteiger partial charge on any atom is 0.430 e. The summed E-state index contributed by atoms with van der Waals surface area (Å²) in [5, 5.41) is 19.8. The number of carbonyl (C=O) groups excluding carboxylic acids is 2. The van der Waals surface area contributed by atoms with Gasteiger partial charge in [0.1, 0.15) is 0 Å². The summed E-state index contributed by atoms with van der Waals surface area (Å²) in [6.07, 6.45) is 22.9. The van der Waals surface area contributed by atoms with Crippen LogP contribution in [0.5, 0.6) is 0 Å². The Morgan fingerprint density at radius 2 is 0.900 bits per heavy atom. The number of ketones is 1. The lowest BCUT2D eigenvalue weighted by molar-refractivity contribution is -0.162. The van der Waals surface area contributed by atoms with E-state index in [0.29, 0.717) is 19.3 Å². The topological polar surface area (TPSA) is 129 Å². The fourth-order valence-electron chi connectivity index (χ4n) is 5.20. The van der Waals surface area contributed by atoms with Crippen molar-refractivity contribution >= 4 is 25.5 Å². The molecule has 0 aromatic carbocycles. The van der Waals surface area contributed by atoms with Gasteiger partial charge in [-0.15, -0.1) is 0 Å².